The van der Waals surface area contributed by atoms with Gasteiger partial charge in [0.05, 0.1) is 6.20 Å². The summed E-state index contributed by atoms with van der Waals surface area (Å²) < 4.78 is 0. The molecule has 1 aliphatic rings. The summed E-state index contributed by atoms with van der Waals surface area (Å²) in [4.78, 5) is 0. The summed E-state index contributed by atoms with van der Waals surface area (Å²) in [7, 11) is 0. The third kappa shape index (κ3) is 1.23. The standard InChI is InChI=1S/C10H9N/c1-2-7-10-9(5-1)6-3-4-8-11-10/h1-8,11H/p+1. The van der Waals surface area contributed by atoms with Crippen LogP contribution in [0.5, 0.6) is 0 Å². The Balaban J connectivity index is 2.52. The van der Waals surface area contributed by atoms with E-state index in [-0.39, 0.29) is 0 Å². The van der Waals surface area contributed by atoms with Gasteiger partial charge in [-0.05, 0) is 18.2 Å². The van der Waals surface area contributed by atoms with Crippen molar-refractivity contribution in [3.05, 3.63) is 48.2 Å². The van der Waals surface area contributed by atoms with Gasteiger partial charge >= 0.3 is 0 Å². The summed E-state index contributed by atoms with van der Waals surface area (Å²) in [6.07, 6.45) is 8.28. The maximum atomic E-state index is 2.12. The Bertz CT molecular complexity index is 310. The van der Waals surface area contributed by atoms with Gasteiger partial charge in [0, 0.05) is 11.6 Å². The first-order chi connectivity index (χ1) is 5.47. The third-order valence-corrected chi connectivity index (χ3v) is 1.77. The van der Waals surface area contributed by atoms with Gasteiger partial charge in [-0.3, -0.25) is 5.32 Å². The van der Waals surface area contributed by atoms with E-state index in [2.05, 4.69) is 47.9 Å². The van der Waals surface area contributed by atoms with Crippen molar-refractivity contribution in [3.63, 3.8) is 0 Å². The highest BCUT2D eigenvalue weighted by Gasteiger charge is 2.00. The number of hydrogen-bond donors (Lipinski definition) is 1. The van der Waals surface area contributed by atoms with Crippen LogP contribution < -0.4 is 5.32 Å². The maximum absolute atomic E-state index is 2.12. The van der Waals surface area contributed by atoms with E-state index in [0.29, 0.717) is 0 Å². The van der Waals surface area contributed by atoms with Crippen LogP contribution in [0, 0.1) is 0 Å². The zero-order chi connectivity index (χ0) is 7.52. The van der Waals surface area contributed by atoms with E-state index in [1.807, 2.05) is 6.08 Å². The molecule has 0 saturated carbocycles. The molecule has 1 heteroatoms. The van der Waals surface area contributed by atoms with Crippen LogP contribution in [-0.4, -0.2) is 0 Å². The first-order valence-corrected chi connectivity index (χ1v) is 3.74. The third-order valence-electron chi connectivity index (χ3n) is 1.77. The van der Waals surface area contributed by atoms with Crippen LogP contribution in [0.2, 0.25) is 0 Å². The van der Waals surface area contributed by atoms with Crippen LogP contribution in [0.3, 0.4) is 0 Å². The molecule has 1 aromatic rings. The molecule has 1 aliphatic heterocycles. The molecule has 0 spiro atoms. The second-order valence-corrected chi connectivity index (χ2v) is 2.54. The minimum absolute atomic E-state index is 1.29. The number of fused-ring (bicyclic) bond motifs is 1. The molecule has 0 bridgehead atoms. The lowest BCUT2D eigenvalue weighted by Gasteiger charge is -1.96. The lowest BCUT2D eigenvalue weighted by molar-refractivity contribution is -0.496. The highest BCUT2D eigenvalue weighted by atomic mass is 14.8. The topological polar surface area (TPSA) is 16.6 Å². The lowest BCUT2D eigenvalue weighted by atomic mass is 10.2. The summed E-state index contributed by atoms with van der Waals surface area (Å²) in [5.74, 6) is 0. The van der Waals surface area contributed by atoms with Gasteiger partial charge in [0.15, 0.2) is 0 Å². The van der Waals surface area contributed by atoms with Gasteiger partial charge in [0.2, 0.25) is 0 Å². The van der Waals surface area contributed by atoms with Crippen LogP contribution in [0.25, 0.3) is 6.08 Å². The Morgan fingerprint density at radius 2 is 1.91 bits per heavy atom. The van der Waals surface area contributed by atoms with Gasteiger partial charge in [-0.25, -0.2) is 0 Å². The van der Waals surface area contributed by atoms with Gasteiger partial charge < -0.3 is 0 Å². The van der Waals surface area contributed by atoms with Crippen molar-refractivity contribution in [2.45, 2.75) is 0 Å². The van der Waals surface area contributed by atoms with Crippen LogP contribution in [0.1, 0.15) is 5.56 Å². The van der Waals surface area contributed by atoms with Crippen LogP contribution >= 0.6 is 0 Å². The molecule has 11 heavy (non-hydrogen) atoms. The fourth-order valence-corrected chi connectivity index (χ4v) is 1.20. The second kappa shape index (κ2) is 2.72. The largest absolute Gasteiger partial charge is 0.287 e. The first-order valence-electron chi connectivity index (χ1n) is 3.74. The van der Waals surface area contributed by atoms with E-state index in [9.17, 15) is 0 Å². The predicted octanol–water partition coefficient (Wildman–Crippen LogP) is 1.42. The summed E-state index contributed by atoms with van der Waals surface area (Å²) in [5.41, 5.74) is 2.58. The van der Waals surface area contributed by atoms with Crippen LogP contribution in [0.15, 0.2) is 42.6 Å². The lowest BCUT2D eigenvalue weighted by Crippen LogP contribution is -2.71. The molecule has 2 N–H and O–H groups in total. The SMILES string of the molecule is C1=C[NH2+]c2ccccc2C=C1. The Hall–Kier alpha value is -1.34. The molecule has 1 nitrogen and oxygen atoms in total. The summed E-state index contributed by atoms with van der Waals surface area (Å²) in [6.45, 7) is 0. The average molecular weight is 144 g/mol. The highest BCUT2D eigenvalue weighted by molar-refractivity contribution is 5.61. The van der Waals surface area contributed by atoms with E-state index in [1.165, 1.54) is 11.3 Å². The molecule has 2 rings (SSSR count). The number of benzene rings is 1. The summed E-state index contributed by atoms with van der Waals surface area (Å²) in [5, 5.41) is 2.12. The van der Waals surface area contributed by atoms with E-state index < -0.39 is 0 Å². The second-order valence-electron chi connectivity index (χ2n) is 2.54. The maximum Gasteiger partial charge on any atom is 0.141 e. The van der Waals surface area contributed by atoms with E-state index in [1.54, 1.807) is 0 Å². The van der Waals surface area contributed by atoms with Crippen molar-refractivity contribution < 1.29 is 5.32 Å². The molecule has 0 unspecified atom stereocenters. The van der Waals surface area contributed by atoms with Crippen molar-refractivity contribution in [1.29, 1.82) is 0 Å². The number of quaternary nitrogens is 1. The number of rotatable bonds is 0. The van der Waals surface area contributed by atoms with Crippen molar-refractivity contribution >= 4 is 11.8 Å². The van der Waals surface area contributed by atoms with Crippen molar-refractivity contribution in [2.75, 3.05) is 0 Å². The minimum Gasteiger partial charge on any atom is -0.287 e. The number of nitrogens with two attached hydrogens (primary N) is 1. The molecular formula is C10H10N+. The Morgan fingerprint density at radius 1 is 1.00 bits per heavy atom. The average Bonchev–Trinajstić information content (AvgIpc) is 2.28. The quantitative estimate of drug-likeness (QED) is 0.530. The van der Waals surface area contributed by atoms with Gasteiger partial charge in [-0.15, -0.1) is 0 Å². The number of hydrogen-bond acceptors (Lipinski definition) is 0. The molecule has 0 atom stereocenters. The smallest absolute Gasteiger partial charge is 0.141 e. The first kappa shape index (κ1) is 6.38. The molecule has 0 amide bonds. The van der Waals surface area contributed by atoms with Crippen molar-refractivity contribution in [2.24, 2.45) is 0 Å². The monoisotopic (exact) mass is 144 g/mol. The zero-order valence-corrected chi connectivity index (χ0v) is 6.20. The number of allylic oxidation sites excluding steroid dienone is 2. The Labute approximate surface area is 66.1 Å². The van der Waals surface area contributed by atoms with Gasteiger partial charge in [-0.1, -0.05) is 18.2 Å². The molecule has 1 aromatic carbocycles. The van der Waals surface area contributed by atoms with Gasteiger partial charge in [0.25, 0.3) is 0 Å². The fourth-order valence-electron chi connectivity index (χ4n) is 1.20. The Kier molecular flexibility index (Phi) is 1.58. The zero-order valence-electron chi connectivity index (χ0n) is 6.20. The van der Waals surface area contributed by atoms with Crippen LogP contribution in [0.4, 0.5) is 5.69 Å². The summed E-state index contributed by atoms with van der Waals surface area (Å²) in [6, 6.07) is 8.36. The molecular weight excluding hydrogens is 134 g/mol. The minimum atomic E-state index is 1.29. The fraction of sp³-hybridized carbons (Fsp3) is 0. The molecule has 1 heterocycles. The van der Waals surface area contributed by atoms with Gasteiger partial charge in [0.1, 0.15) is 5.69 Å². The molecule has 0 aromatic heterocycles. The normalized spacial score (nSPS) is 14.2. The van der Waals surface area contributed by atoms with Crippen LogP contribution in [-0.2, 0) is 0 Å². The molecule has 54 valence electrons. The van der Waals surface area contributed by atoms with E-state index in [4.69, 9.17) is 0 Å². The highest BCUT2D eigenvalue weighted by Crippen LogP contribution is 2.12. The predicted molar refractivity (Wildman–Crippen MR) is 46.2 cm³/mol. The molecule has 0 saturated heterocycles. The molecule has 0 fully saturated rings. The Morgan fingerprint density at radius 3 is 2.91 bits per heavy atom. The van der Waals surface area contributed by atoms with Crippen molar-refractivity contribution in [3.8, 4) is 0 Å². The van der Waals surface area contributed by atoms with E-state index >= 15 is 0 Å². The van der Waals surface area contributed by atoms with Gasteiger partial charge in [-0.2, -0.15) is 0 Å². The molecule has 0 aliphatic carbocycles. The number of para-hydroxylation sites is 1. The molecule has 0 radical (unpaired) electrons. The van der Waals surface area contributed by atoms with Crippen molar-refractivity contribution in [1.82, 2.24) is 0 Å². The summed E-state index contributed by atoms with van der Waals surface area (Å²) >= 11 is 0. The van der Waals surface area contributed by atoms with E-state index in [0.717, 1.165) is 0 Å².